The minimum Gasteiger partial charge on any atom is -0.481 e. The molecule has 1 aliphatic heterocycles. The van der Waals surface area contributed by atoms with Crippen LogP contribution in [-0.2, 0) is 14.3 Å². The van der Waals surface area contributed by atoms with Crippen molar-refractivity contribution >= 4 is 11.9 Å². The van der Waals surface area contributed by atoms with Gasteiger partial charge in [-0.1, -0.05) is 37.3 Å². The van der Waals surface area contributed by atoms with Gasteiger partial charge in [0.1, 0.15) is 5.41 Å². The molecule has 1 aliphatic rings. The van der Waals surface area contributed by atoms with Crippen molar-refractivity contribution in [1.82, 2.24) is 4.90 Å². The maximum Gasteiger partial charge on any atom is 0.313 e. The number of likely N-dealkylation sites (tertiary alicyclic amines) is 1. The first-order chi connectivity index (χ1) is 11.5. The number of nitrogens with zero attached hydrogens (tertiary/aromatic N) is 1. The molecule has 0 spiro atoms. The summed E-state index contributed by atoms with van der Waals surface area (Å²) >= 11 is 0. The van der Waals surface area contributed by atoms with E-state index in [0.717, 1.165) is 6.42 Å². The van der Waals surface area contributed by atoms with Crippen molar-refractivity contribution in [2.24, 2.45) is 5.41 Å². The quantitative estimate of drug-likeness (QED) is 0.833. The molecule has 5 nitrogen and oxygen atoms in total. The Bertz CT molecular complexity index is 556. The number of ether oxygens (including phenoxy) is 1. The average molecular weight is 333 g/mol. The van der Waals surface area contributed by atoms with E-state index < -0.39 is 11.4 Å². The molecule has 0 radical (unpaired) electrons. The smallest absolute Gasteiger partial charge is 0.313 e. The minimum absolute atomic E-state index is 0.0409. The number of carbonyl (C=O) groups is 2. The van der Waals surface area contributed by atoms with Crippen LogP contribution in [0.25, 0.3) is 0 Å². The van der Waals surface area contributed by atoms with Gasteiger partial charge in [-0.3, -0.25) is 9.59 Å². The Labute approximate surface area is 143 Å². The molecule has 0 saturated carbocycles. The van der Waals surface area contributed by atoms with Crippen LogP contribution in [0.5, 0.6) is 0 Å². The maximum atomic E-state index is 12.5. The molecule has 24 heavy (non-hydrogen) atoms. The Hall–Kier alpha value is -1.88. The Morgan fingerprint density at radius 2 is 2.04 bits per heavy atom. The summed E-state index contributed by atoms with van der Waals surface area (Å²) < 4.78 is 5.11. The van der Waals surface area contributed by atoms with Crippen molar-refractivity contribution in [3.63, 3.8) is 0 Å². The second-order valence-corrected chi connectivity index (χ2v) is 6.79. The fourth-order valence-electron chi connectivity index (χ4n) is 3.42. The van der Waals surface area contributed by atoms with Gasteiger partial charge in [0.15, 0.2) is 0 Å². The first-order valence-electron chi connectivity index (χ1n) is 8.53. The van der Waals surface area contributed by atoms with E-state index in [1.165, 1.54) is 12.7 Å². The SMILES string of the molecule is COCC1(C(=O)O)CCCN(C(=O)CCC(C)c2ccccc2)C1. The highest BCUT2D eigenvalue weighted by molar-refractivity contribution is 5.80. The molecule has 2 rings (SSSR count). The van der Waals surface area contributed by atoms with Crippen molar-refractivity contribution in [1.29, 1.82) is 0 Å². The molecule has 2 atom stereocenters. The maximum absolute atomic E-state index is 12.5. The van der Waals surface area contributed by atoms with Crippen molar-refractivity contribution in [3.05, 3.63) is 35.9 Å². The summed E-state index contributed by atoms with van der Waals surface area (Å²) in [6.45, 7) is 3.14. The zero-order chi connectivity index (χ0) is 17.6. The number of carboxylic acid groups (broad SMARTS) is 1. The van der Waals surface area contributed by atoms with Crippen LogP contribution >= 0.6 is 0 Å². The molecule has 1 aromatic carbocycles. The highest BCUT2D eigenvalue weighted by atomic mass is 16.5. The molecule has 1 aromatic rings. The number of amides is 1. The lowest BCUT2D eigenvalue weighted by Gasteiger charge is -2.39. The van der Waals surface area contributed by atoms with Crippen LogP contribution in [-0.4, -0.2) is 48.7 Å². The van der Waals surface area contributed by atoms with Gasteiger partial charge in [-0.05, 0) is 30.7 Å². The second kappa shape index (κ2) is 8.29. The number of benzene rings is 1. The fraction of sp³-hybridized carbons (Fsp3) is 0.579. The van der Waals surface area contributed by atoms with Crippen LogP contribution in [0.1, 0.15) is 44.1 Å². The third-order valence-corrected chi connectivity index (χ3v) is 4.96. The van der Waals surface area contributed by atoms with Gasteiger partial charge in [0, 0.05) is 26.6 Å². The molecule has 2 unspecified atom stereocenters. The largest absolute Gasteiger partial charge is 0.481 e. The van der Waals surface area contributed by atoms with E-state index in [0.29, 0.717) is 31.7 Å². The van der Waals surface area contributed by atoms with Crippen LogP contribution < -0.4 is 0 Å². The third-order valence-electron chi connectivity index (χ3n) is 4.96. The number of rotatable bonds is 7. The number of carboxylic acids is 1. The Kier molecular flexibility index (Phi) is 6.37. The number of aliphatic carboxylic acids is 1. The fourth-order valence-corrected chi connectivity index (χ4v) is 3.42. The van der Waals surface area contributed by atoms with E-state index >= 15 is 0 Å². The predicted molar refractivity (Wildman–Crippen MR) is 91.8 cm³/mol. The summed E-state index contributed by atoms with van der Waals surface area (Å²) in [6.07, 6.45) is 2.47. The first-order valence-corrected chi connectivity index (χ1v) is 8.53. The van der Waals surface area contributed by atoms with Gasteiger partial charge < -0.3 is 14.7 Å². The summed E-state index contributed by atoms with van der Waals surface area (Å²) in [7, 11) is 1.51. The summed E-state index contributed by atoms with van der Waals surface area (Å²) in [5, 5.41) is 9.57. The lowest BCUT2D eigenvalue weighted by molar-refractivity contribution is -0.159. The molecule has 1 fully saturated rings. The van der Waals surface area contributed by atoms with Crippen molar-refractivity contribution < 1.29 is 19.4 Å². The second-order valence-electron chi connectivity index (χ2n) is 6.79. The molecule has 132 valence electrons. The minimum atomic E-state index is -0.965. The molecule has 5 heteroatoms. The normalized spacial score (nSPS) is 22.2. The van der Waals surface area contributed by atoms with Gasteiger partial charge in [0.05, 0.1) is 6.61 Å². The van der Waals surface area contributed by atoms with Gasteiger partial charge in [0.25, 0.3) is 0 Å². The highest BCUT2D eigenvalue weighted by Gasteiger charge is 2.43. The van der Waals surface area contributed by atoms with Gasteiger partial charge >= 0.3 is 5.97 Å². The van der Waals surface area contributed by atoms with E-state index in [2.05, 4.69) is 19.1 Å². The number of carbonyl (C=O) groups excluding carboxylic acids is 1. The van der Waals surface area contributed by atoms with Gasteiger partial charge in [-0.2, -0.15) is 0 Å². The molecule has 0 aromatic heterocycles. The third kappa shape index (κ3) is 4.35. The molecule has 1 heterocycles. The Balaban J connectivity index is 1.93. The molecular formula is C19H27NO4. The number of hydrogen-bond acceptors (Lipinski definition) is 3. The van der Waals surface area contributed by atoms with Crippen LogP contribution in [0.4, 0.5) is 0 Å². The lowest BCUT2D eigenvalue weighted by Crippen LogP contribution is -2.52. The van der Waals surface area contributed by atoms with Gasteiger partial charge in [0.2, 0.25) is 5.91 Å². The number of methoxy groups -OCH3 is 1. The highest BCUT2D eigenvalue weighted by Crippen LogP contribution is 2.31. The van der Waals surface area contributed by atoms with Gasteiger partial charge in [-0.15, -0.1) is 0 Å². The molecular weight excluding hydrogens is 306 g/mol. The molecule has 0 aliphatic carbocycles. The molecule has 1 N–H and O–H groups in total. The van der Waals surface area contributed by atoms with Crippen LogP contribution in [0.3, 0.4) is 0 Å². The number of hydrogen-bond donors (Lipinski definition) is 1. The first kappa shape index (κ1) is 18.5. The summed E-state index contributed by atoms with van der Waals surface area (Å²) in [5.41, 5.74) is 0.261. The van der Waals surface area contributed by atoms with Crippen LogP contribution in [0.2, 0.25) is 0 Å². The van der Waals surface area contributed by atoms with E-state index in [9.17, 15) is 14.7 Å². The topological polar surface area (TPSA) is 66.8 Å². The average Bonchev–Trinajstić information content (AvgIpc) is 2.60. The predicted octanol–water partition coefficient (Wildman–Crippen LogP) is 2.91. The van der Waals surface area contributed by atoms with Crippen LogP contribution in [0, 0.1) is 5.41 Å². The van der Waals surface area contributed by atoms with E-state index in [1.807, 2.05) is 18.2 Å². The zero-order valence-electron chi connectivity index (χ0n) is 14.5. The zero-order valence-corrected chi connectivity index (χ0v) is 14.5. The number of piperidine rings is 1. The van der Waals surface area contributed by atoms with E-state index in [1.54, 1.807) is 4.90 Å². The standard InChI is InChI=1S/C19H27NO4/c1-15(16-7-4-3-5-8-16)9-10-17(21)20-12-6-11-19(13-20,14-24-2)18(22)23/h3-5,7-8,15H,6,9-14H2,1-2H3,(H,22,23). The van der Waals surface area contributed by atoms with Crippen molar-refractivity contribution in [3.8, 4) is 0 Å². The Morgan fingerprint density at radius 3 is 2.67 bits per heavy atom. The Morgan fingerprint density at radius 1 is 1.33 bits per heavy atom. The molecule has 1 amide bonds. The van der Waals surface area contributed by atoms with Crippen molar-refractivity contribution in [2.75, 3.05) is 26.8 Å². The van der Waals surface area contributed by atoms with E-state index in [-0.39, 0.29) is 19.1 Å². The molecule has 0 bridgehead atoms. The van der Waals surface area contributed by atoms with Crippen LogP contribution in [0.15, 0.2) is 30.3 Å². The monoisotopic (exact) mass is 333 g/mol. The molecule has 1 saturated heterocycles. The lowest BCUT2D eigenvalue weighted by atomic mass is 9.80. The van der Waals surface area contributed by atoms with Crippen molar-refractivity contribution in [2.45, 2.75) is 38.5 Å². The van der Waals surface area contributed by atoms with Gasteiger partial charge in [-0.25, -0.2) is 0 Å². The summed E-state index contributed by atoms with van der Waals surface area (Å²) in [5.74, 6) is -0.526. The summed E-state index contributed by atoms with van der Waals surface area (Å²) in [6, 6.07) is 10.1. The van der Waals surface area contributed by atoms with E-state index in [4.69, 9.17) is 4.74 Å². The summed E-state index contributed by atoms with van der Waals surface area (Å²) in [4.78, 5) is 25.9.